The summed E-state index contributed by atoms with van der Waals surface area (Å²) < 4.78 is 0.939. The van der Waals surface area contributed by atoms with Gasteiger partial charge in [0.15, 0.2) is 0 Å². The van der Waals surface area contributed by atoms with E-state index < -0.39 is 0 Å². The lowest BCUT2D eigenvalue weighted by molar-refractivity contribution is -0.923. The Hall–Kier alpha value is -0.860. The minimum Gasteiger partial charge on any atom is -0.391 e. The first-order valence-electron chi connectivity index (χ1n) is 6.18. The molecule has 0 aliphatic heterocycles. The Bertz CT molecular complexity index is 286. The molecule has 1 aromatic rings. The summed E-state index contributed by atoms with van der Waals surface area (Å²) in [6.45, 7) is 5.49. The fourth-order valence-electron chi connectivity index (χ4n) is 2.08. The third kappa shape index (κ3) is 4.33. The fourth-order valence-corrected chi connectivity index (χ4v) is 2.08. The van der Waals surface area contributed by atoms with Crippen molar-refractivity contribution >= 4 is 0 Å². The largest absolute Gasteiger partial charge is 0.391 e. The molecular formula is C14H24NO+. The SMILES string of the molecule is CCCC[N+](C)(CCO)Cc1ccccc1. The van der Waals surface area contributed by atoms with Crippen LogP contribution in [0.4, 0.5) is 0 Å². The minimum absolute atomic E-state index is 0.271. The van der Waals surface area contributed by atoms with E-state index in [4.69, 9.17) is 5.11 Å². The predicted octanol–water partition coefficient (Wildman–Crippen LogP) is 2.43. The number of aliphatic hydroxyl groups excluding tert-OH is 1. The molecule has 1 atom stereocenters. The van der Waals surface area contributed by atoms with Crippen LogP contribution in [0.25, 0.3) is 0 Å². The molecule has 0 aliphatic rings. The second-order valence-corrected chi connectivity index (χ2v) is 4.79. The van der Waals surface area contributed by atoms with E-state index in [0.29, 0.717) is 0 Å². The number of hydrogen-bond acceptors (Lipinski definition) is 1. The van der Waals surface area contributed by atoms with Gasteiger partial charge in [-0.25, -0.2) is 0 Å². The lowest BCUT2D eigenvalue weighted by atomic mass is 10.1. The normalized spacial score (nSPS) is 14.7. The number of hydrogen-bond donors (Lipinski definition) is 1. The van der Waals surface area contributed by atoms with Crippen molar-refractivity contribution in [2.24, 2.45) is 0 Å². The van der Waals surface area contributed by atoms with Gasteiger partial charge in [-0.05, 0) is 6.42 Å². The topological polar surface area (TPSA) is 20.2 Å². The van der Waals surface area contributed by atoms with E-state index >= 15 is 0 Å². The van der Waals surface area contributed by atoms with E-state index in [0.717, 1.165) is 24.1 Å². The van der Waals surface area contributed by atoms with Crippen molar-refractivity contribution in [1.82, 2.24) is 0 Å². The van der Waals surface area contributed by atoms with Crippen LogP contribution in [-0.2, 0) is 6.54 Å². The number of likely N-dealkylation sites (N-methyl/N-ethyl adjacent to an activating group) is 1. The van der Waals surface area contributed by atoms with Crippen LogP contribution < -0.4 is 0 Å². The van der Waals surface area contributed by atoms with Gasteiger partial charge in [-0.15, -0.1) is 0 Å². The first-order valence-corrected chi connectivity index (χ1v) is 6.18. The van der Waals surface area contributed by atoms with Crippen LogP contribution in [0.15, 0.2) is 30.3 Å². The number of unbranched alkanes of at least 4 members (excludes halogenated alkanes) is 1. The Balaban J connectivity index is 2.62. The Morgan fingerprint density at radius 1 is 1.12 bits per heavy atom. The summed E-state index contributed by atoms with van der Waals surface area (Å²) in [5, 5.41) is 9.16. The van der Waals surface area contributed by atoms with Crippen molar-refractivity contribution in [2.45, 2.75) is 26.3 Å². The molecule has 2 nitrogen and oxygen atoms in total. The van der Waals surface area contributed by atoms with Crippen LogP contribution in [0.3, 0.4) is 0 Å². The van der Waals surface area contributed by atoms with Crippen molar-refractivity contribution in [3.8, 4) is 0 Å². The molecule has 0 fully saturated rings. The van der Waals surface area contributed by atoms with Crippen LogP contribution in [0.2, 0.25) is 0 Å². The molecular weight excluding hydrogens is 198 g/mol. The standard InChI is InChI=1S/C14H24NO/c1-3-4-10-15(2,11-12-16)13-14-8-6-5-7-9-14/h5-9,16H,3-4,10-13H2,1-2H3/q+1. The highest BCUT2D eigenvalue weighted by molar-refractivity contribution is 5.13. The molecule has 2 heteroatoms. The first-order chi connectivity index (χ1) is 7.70. The molecule has 0 heterocycles. The van der Waals surface area contributed by atoms with Gasteiger partial charge in [0, 0.05) is 5.56 Å². The van der Waals surface area contributed by atoms with Gasteiger partial charge >= 0.3 is 0 Å². The van der Waals surface area contributed by atoms with Crippen LogP contribution in [0.5, 0.6) is 0 Å². The zero-order chi connectivity index (χ0) is 11.9. The van der Waals surface area contributed by atoms with E-state index in [1.807, 2.05) is 6.07 Å². The molecule has 0 aliphatic carbocycles. The highest BCUT2D eigenvalue weighted by Crippen LogP contribution is 2.13. The van der Waals surface area contributed by atoms with Crippen molar-refractivity contribution in [2.75, 3.05) is 26.7 Å². The zero-order valence-corrected chi connectivity index (χ0v) is 10.5. The molecule has 0 amide bonds. The van der Waals surface area contributed by atoms with E-state index in [-0.39, 0.29) is 6.61 Å². The smallest absolute Gasteiger partial charge is 0.104 e. The summed E-state index contributed by atoms with van der Waals surface area (Å²) in [5.41, 5.74) is 1.36. The predicted molar refractivity (Wildman–Crippen MR) is 68.1 cm³/mol. The number of aliphatic hydroxyl groups is 1. The van der Waals surface area contributed by atoms with Gasteiger partial charge < -0.3 is 9.59 Å². The molecule has 1 rings (SSSR count). The quantitative estimate of drug-likeness (QED) is 0.703. The highest BCUT2D eigenvalue weighted by atomic mass is 16.3. The van der Waals surface area contributed by atoms with Crippen molar-refractivity contribution in [3.63, 3.8) is 0 Å². The summed E-state index contributed by atoms with van der Waals surface area (Å²) in [6.07, 6.45) is 2.44. The van der Waals surface area contributed by atoms with Crippen molar-refractivity contribution in [1.29, 1.82) is 0 Å². The molecule has 1 unspecified atom stereocenters. The van der Waals surface area contributed by atoms with E-state index in [9.17, 15) is 0 Å². The van der Waals surface area contributed by atoms with Gasteiger partial charge in [0.25, 0.3) is 0 Å². The average Bonchev–Trinajstić information content (AvgIpc) is 2.28. The van der Waals surface area contributed by atoms with E-state index in [2.05, 4.69) is 38.2 Å². The molecule has 0 bridgehead atoms. The third-order valence-corrected chi connectivity index (χ3v) is 3.10. The number of rotatable bonds is 7. The van der Waals surface area contributed by atoms with E-state index in [1.165, 1.54) is 18.4 Å². The molecule has 1 N–H and O–H groups in total. The summed E-state index contributed by atoms with van der Waals surface area (Å²) >= 11 is 0. The van der Waals surface area contributed by atoms with Crippen molar-refractivity contribution < 1.29 is 9.59 Å². The number of nitrogens with zero attached hydrogens (tertiary/aromatic N) is 1. The van der Waals surface area contributed by atoms with Gasteiger partial charge in [0.1, 0.15) is 13.1 Å². The maximum Gasteiger partial charge on any atom is 0.104 e. The van der Waals surface area contributed by atoms with Crippen LogP contribution in [0, 0.1) is 0 Å². The van der Waals surface area contributed by atoms with E-state index in [1.54, 1.807) is 0 Å². The second kappa shape index (κ2) is 6.66. The first kappa shape index (κ1) is 13.2. The maximum absolute atomic E-state index is 9.16. The highest BCUT2D eigenvalue weighted by Gasteiger charge is 2.20. The minimum atomic E-state index is 0.271. The Labute approximate surface area is 99.1 Å². The molecule has 0 radical (unpaired) electrons. The molecule has 0 spiro atoms. The molecule has 16 heavy (non-hydrogen) atoms. The fraction of sp³-hybridized carbons (Fsp3) is 0.571. The number of benzene rings is 1. The number of quaternary nitrogens is 1. The van der Waals surface area contributed by atoms with Gasteiger partial charge in [-0.2, -0.15) is 0 Å². The molecule has 0 saturated heterocycles. The summed E-state index contributed by atoms with van der Waals surface area (Å²) in [5.74, 6) is 0. The molecule has 1 aromatic carbocycles. The summed E-state index contributed by atoms with van der Waals surface area (Å²) in [6, 6.07) is 10.5. The summed E-state index contributed by atoms with van der Waals surface area (Å²) in [7, 11) is 2.24. The lowest BCUT2D eigenvalue weighted by Gasteiger charge is -2.34. The Morgan fingerprint density at radius 3 is 2.38 bits per heavy atom. The Morgan fingerprint density at radius 2 is 1.81 bits per heavy atom. The zero-order valence-electron chi connectivity index (χ0n) is 10.5. The molecule has 90 valence electrons. The monoisotopic (exact) mass is 222 g/mol. The van der Waals surface area contributed by atoms with Crippen LogP contribution >= 0.6 is 0 Å². The van der Waals surface area contributed by atoms with Gasteiger partial charge in [-0.3, -0.25) is 0 Å². The summed E-state index contributed by atoms with van der Waals surface area (Å²) in [4.78, 5) is 0. The van der Waals surface area contributed by atoms with Gasteiger partial charge in [0.2, 0.25) is 0 Å². The molecule has 0 aromatic heterocycles. The maximum atomic E-state index is 9.16. The average molecular weight is 222 g/mol. The van der Waals surface area contributed by atoms with Crippen LogP contribution in [0.1, 0.15) is 25.3 Å². The van der Waals surface area contributed by atoms with Gasteiger partial charge in [0.05, 0.1) is 20.2 Å². The second-order valence-electron chi connectivity index (χ2n) is 4.79. The third-order valence-electron chi connectivity index (χ3n) is 3.10. The van der Waals surface area contributed by atoms with Crippen LogP contribution in [-0.4, -0.2) is 36.3 Å². The Kier molecular flexibility index (Phi) is 5.50. The van der Waals surface area contributed by atoms with Crippen molar-refractivity contribution in [3.05, 3.63) is 35.9 Å². The van der Waals surface area contributed by atoms with Gasteiger partial charge in [-0.1, -0.05) is 43.7 Å². The molecule has 0 saturated carbocycles. The lowest BCUT2D eigenvalue weighted by Crippen LogP contribution is -2.46.